The van der Waals surface area contributed by atoms with E-state index in [0.717, 1.165) is 31.4 Å². The molecule has 1 aromatic heterocycles. The highest BCUT2D eigenvalue weighted by atomic mass is 32.2. The van der Waals surface area contributed by atoms with Crippen molar-refractivity contribution in [2.24, 2.45) is 0 Å². The largest absolute Gasteiger partial charge is 0.480 e. The fraction of sp³-hybridized carbons (Fsp3) is 0.615. The molecule has 7 heteroatoms. The van der Waals surface area contributed by atoms with Crippen molar-refractivity contribution < 1.29 is 19.2 Å². The van der Waals surface area contributed by atoms with Gasteiger partial charge in [0.2, 0.25) is 5.91 Å². The number of carboxylic acid groups (broad SMARTS) is 1. The SMILES string of the molecule is CCCCCc1cc(C2SCC(=O)N2CC(=O)O)no1. The van der Waals surface area contributed by atoms with Crippen LogP contribution >= 0.6 is 11.8 Å². The van der Waals surface area contributed by atoms with Crippen molar-refractivity contribution in [2.75, 3.05) is 12.3 Å². The van der Waals surface area contributed by atoms with Crippen molar-refractivity contribution in [2.45, 2.75) is 38.0 Å². The Balaban J connectivity index is 2.02. The molecule has 1 amide bonds. The molecule has 0 bridgehead atoms. The van der Waals surface area contributed by atoms with Gasteiger partial charge >= 0.3 is 5.97 Å². The number of thioether (sulfide) groups is 1. The highest BCUT2D eigenvalue weighted by molar-refractivity contribution is 8.00. The van der Waals surface area contributed by atoms with Crippen LogP contribution in [0.15, 0.2) is 10.6 Å². The topological polar surface area (TPSA) is 83.6 Å². The zero-order valence-corrected chi connectivity index (χ0v) is 12.2. The van der Waals surface area contributed by atoms with Crippen LogP contribution in [0.5, 0.6) is 0 Å². The summed E-state index contributed by atoms with van der Waals surface area (Å²) in [6, 6.07) is 1.83. The van der Waals surface area contributed by atoms with Crippen LogP contribution < -0.4 is 0 Å². The number of carboxylic acids is 1. The smallest absolute Gasteiger partial charge is 0.323 e. The molecule has 1 fully saturated rings. The highest BCUT2D eigenvalue weighted by Crippen LogP contribution is 2.38. The van der Waals surface area contributed by atoms with Gasteiger partial charge in [-0.05, 0) is 6.42 Å². The predicted molar refractivity (Wildman–Crippen MR) is 74.3 cm³/mol. The van der Waals surface area contributed by atoms with Crippen molar-refractivity contribution in [3.05, 3.63) is 17.5 Å². The first-order chi connectivity index (χ1) is 9.61. The Hall–Kier alpha value is -1.50. The molecule has 1 aliphatic rings. The third-order valence-electron chi connectivity index (χ3n) is 3.13. The van der Waals surface area contributed by atoms with Gasteiger partial charge in [0.1, 0.15) is 23.4 Å². The molecule has 1 saturated heterocycles. The van der Waals surface area contributed by atoms with Gasteiger partial charge in [0.25, 0.3) is 0 Å². The number of aromatic nitrogens is 1. The number of unbranched alkanes of at least 4 members (excludes halogenated alkanes) is 2. The van der Waals surface area contributed by atoms with Gasteiger partial charge in [-0.3, -0.25) is 9.59 Å². The van der Waals surface area contributed by atoms with Crippen molar-refractivity contribution >= 4 is 23.6 Å². The second-order valence-corrected chi connectivity index (χ2v) is 5.82. The Morgan fingerprint density at radius 2 is 2.40 bits per heavy atom. The van der Waals surface area contributed by atoms with Crippen LogP contribution in [0.25, 0.3) is 0 Å². The maximum absolute atomic E-state index is 11.7. The Morgan fingerprint density at radius 1 is 1.60 bits per heavy atom. The van der Waals surface area contributed by atoms with E-state index in [1.807, 2.05) is 6.07 Å². The Bertz CT molecular complexity index is 488. The van der Waals surface area contributed by atoms with Crippen LogP contribution in [-0.2, 0) is 16.0 Å². The number of carbonyl (C=O) groups is 2. The molecular weight excluding hydrogens is 280 g/mol. The Kier molecular flexibility index (Phi) is 5.05. The fourth-order valence-corrected chi connectivity index (χ4v) is 3.25. The van der Waals surface area contributed by atoms with Gasteiger partial charge in [0.15, 0.2) is 0 Å². The number of nitrogens with zero attached hydrogens (tertiary/aromatic N) is 2. The molecule has 0 aromatic carbocycles. The molecule has 110 valence electrons. The van der Waals surface area contributed by atoms with Crippen LogP contribution in [-0.4, -0.2) is 39.3 Å². The van der Waals surface area contributed by atoms with Crippen molar-refractivity contribution in [3.8, 4) is 0 Å². The number of hydrogen-bond acceptors (Lipinski definition) is 5. The summed E-state index contributed by atoms with van der Waals surface area (Å²) in [6.07, 6.45) is 4.14. The molecule has 2 rings (SSSR count). The van der Waals surface area contributed by atoms with Gasteiger partial charge in [-0.1, -0.05) is 24.9 Å². The van der Waals surface area contributed by atoms with E-state index in [4.69, 9.17) is 9.63 Å². The van der Waals surface area contributed by atoms with E-state index in [1.165, 1.54) is 16.7 Å². The third kappa shape index (κ3) is 3.53. The van der Waals surface area contributed by atoms with E-state index >= 15 is 0 Å². The quantitative estimate of drug-likeness (QED) is 0.776. The molecule has 2 heterocycles. The molecule has 0 aliphatic carbocycles. The molecule has 1 aromatic rings. The lowest BCUT2D eigenvalue weighted by atomic mass is 10.1. The van der Waals surface area contributed by atoms with Crippen LogP contribution in [0.1, 0.15) is 43.0 Å². The second kappa shape index (κ2) is 6.78. The predicted octanol–water partition coefficient (Wildman–Crippen LogP) is 2.07. The lowest BCUT2D eigenvalue weighted by Gasteiger charge is -2.19. The molecule has 1 atom stereocenters. The molecule has 0 saturated carbocycles. The van der Waals surface area contributed by atoms with Gasteiger partial charge in [-0.25, -0.2) is 0 Å². The molecular formula is C13H18N2O4S. The highest BCUT2D eigenvalue weighted by Gasteiger charge is 2.36. The van der Waals surface area contributed by atoms with E-state index < -0.39 is 5.97 Å². The summed E-state index contributed by atoms with van der Waals surface area (Å²) in [6.45, 7) is 1.84. The summed E-state index contributed by atoms with van der Waals surface area (Å²) in [5.74, 6) is -0.102. The van der Waals surface area contributed by atoms with Crippen molar-refractivity contribution in [1.29, 1.82) is 0 Å². The summed E-state index contributed by atoms with van der Waals surface area (Å²) >= 11 is 1.39. The fourth-order valence-electron chi connectivity index (χ4n) is 2.13. The summed E-state index contributed by atoms with van der Waals surface area (Å²) < 4.78 is 5.26. The summed E-state index contributed by atoms with van der Waals surface area (Å²) in [7, 11) is 0. The first kappa shape index (κ1) is 14.9. The second-order valence-electron chi connectivity index (χ2n) is 4.75. The van der Waals surface area contributed by atoms with Gasteiger partial charge in [-0.2, -0.15) is 0 Å². The number of rotatable bonds is 7. The number of aryl methyl sites for hydroxylation is 1. The minimum atomic E-state index is -1.02. The van der Waals surface area contributed by atoms with Crippen molar-refractivity contribution in [1.82, 2.24) is 10.1 Å². The normalized spacial score (nSPS) is 18.8. The first-order valence-corrected chi connectivity index (χ1v) is 7.75. The lowest BCUT2D eigenvalue weighted by molar-refractivity contribution is -0.143. The van der Waals surface area contributed by atoms with Crippen LogP contribution in [0, 0.1) is 0 Å². The van der Waals surface area contributed by atoms with Gasteiger partial charge in [0, 0.05) is 12.5 Å². The molecule has 0 radical (unpaired) electrons. The number of carbonyl (C=O) groups excluding carboxylic acids is 1. The van der Waals surface area contributed by atoms with E-state index in [9.17, 15) is 9.59 Å². The van der Waals surface area contributed by atoms with Crippen LogP contribution in [0.3, 0.4) is 0 Å². The third-order valence-corrected chi connectivity index (χ3v) is 4.36. The van der Waals surface area contributed by atoms with E-state index in [2.05, 4.69) is 12.1 Å². The average molecular weight is 298 g/mol. The Morgan fingerprint density at radius 3 is 3.10 bits per heavy atom. The molecule has 1 N–H and O–H groups in total. The molecule has 6 nitrogen and oxygen atoms in total. The zero-order chi connectivity index (χ0) is 14.5. The standard InChI is InChI=1S/C13H18N2O4S/c1-2-3-4-5-9-6-10(14-19-9)13-15(7-12(17)18)11(16)8-20-13/h6,13H,2-5,7-8H2,1H3,(H,17,18). The lowest BCUT2D eigenvalue weighted by Crippen LogP contribution is -2.33. The monoisotopic (exact) mass is 298 g/mol. The minimum absolute atomic E-state index is 0.169. The Labute approximate surface area is 121 Å². The molecule has 0 spiro atoms. The van der Waals surface area contributed by atoms with E-state index in [-0.39, 0.29) is 23.6 Å². The van der Waals surface area contributed by atoms with Gasteiger partial charge < -0.3 is 14.5 Å². The zero-order valence-electron chi connectivity index (χ0n) is 11.4. The number of amides is 1. The first-order valence-electron chi connectivity index (χ1n) is 6.70. The number of hydrogen-bond donors (Lipinski definition) is 1. The maximum atomic E-state index is 11.7. The summed E-state index contributed by atoms with van der Waals surface area (Å²) in [5, 5.41) is 12.5. The molecule has 1 aliphatic heterocycles. The van der Waals surface area contributed by atoms with E-state index in [1.54, 1.807) is 0 Å². The number of aliphatic carboxylic acids is 1. The van der Waals surface area contributed by atoms with Crippen LogP contribution in [0.4, 0.5) is 0 Å². The molecule has 1 unspecified atom stereocenters. The van der Waals surface area contributed by atoms with Crippen molar-refractivity contribution in [3.63, 3.8) is 0 Å². The minimum Gasteiger partial charge on any atom is -0.480 e. The average Bonchev–Trinajstić information content (AvgIpc) is 2.98. The van der Waals surface area contributed by atoms with Crippen LogP contribution in [0.2, 0.25) is 0 Å². The summed E-state index contributed by atoms with van der Waals surface area (Å²) in [5.41, 5.74) is 0.633. The maximum Gasteiger partial charge on any atom is 0.323 e. The summed E-state index contributed by atoms with van der Waals surface area (Å²) in [4.78, 5) is 23.8. The molecule has 20 heavy (non-hydrogen) atoms. The van der Waals surface area contributed by atoms with Gasteiger partial charge in [-0.15, -0.1) is 11.8 Å². The van der Waals surface area contributed by atoms with E-state index in [0.29, 0.717) is 5.69 Å². The van der Waals surface area contributed by atoms with Gasteiger partial charge in [0.05, 0.1) is 5.75 Å².